The maximum absolute atomic E-state index is 11.2. The fourth-order valence-corrected chi connectivity index (χ4v) is 1.05. The lowest BCUT2D eigenvalue weighted by atomic mass is 10.3. The van der Waals surface area contributed by atoms with Gasteiger partial charge in [-0.05, 0) is 27.9 Å². The Balaban J connectivity index is 3.34. The summed E-state index contributed by atoms with van der Waals surface area (Å²) in [5, 5.41) is 3.04. The van der Waals surface area contributed by atoms with Crippen molar-refractivity contribution in [3.63, 3.8) is 0 Å². The molecule has 0 aliphatic heterocycles. The Hall–Kier alpha value is -0.650. The van der Waals surface area contributed by atoms with Gasteiger partial charge >= 0.3 is 5.97 Å². The van der Waals surface area contributed by atoms with Crippen LogP contribution in [0.5, 0.6) is 0 Å². The van der Waals surface area contributed by atoms with Gasteiger partial charge in [0.15, 0.2) is 0 Å². The van der Waals surface area contributed by atoms with Crippen molar-refractivity contribution in [3.05, 3.63) is 0 Å². The zero-order chi connectivity index (χ0) is 12.4. The van der Waals surface area contributed by atoms with E-state index in [1.54, 1.807) is 13.8 Å². The fraction of sp³-hybridized carbons (Fsp3) is 0.909. The highest BCUT2D eigenvalue weighted by Gasteiger charge is 2.11. The van der Waals surface area contributed by atoms with Crippen LogP contribution in [0.2, 0.25) is 0 Å². The van der Waals surface area contributed by atoms with E-state index in [2.05, 4.69) is 10.2 Å². The van der Waals surface area contributed by atoms with Crippen LogP contribution in [0.4, 0.5) is 0 Å². The fourth-order valence-electron chi connectivity index (χ4n) is 1.05. The van der Waals surface area contributed by atoms with Crippen molar-refractivity contribution in [1.82, 2.24) is 10.2 Å². The Morgan fingerprint density at radius 1 is 1.38 bits per heavy atom. The third kappa shape index (κ3) is 8.64. The SMILES string of the molecule is CCOC(=O)C(C)NCCOCCN(C)C. The van der Waals surface area contributed by atoms with Crippen molar-refractivity contribution in [2.45, 2.75) is 19.9 Å². The van der Waals surface area contributed by atoms with E-state index in [1.165, 1.54) is 0 Å². The number of hydrogen-bond donors (Lipinski definition) is 1. The molecule has 1 N–H and O–H groups in total. The molecule has 5 heteroatoms. The summed E-state index contributed by atoms with van der Waals surface area (Å²) >= 11 is 0. The lowest BCUT2D eigenvalue weighted by Crippen LogP contribution is -2.37. The summed E-state index contributed by atoms with van der Waals surface area (Å²) in [5.74, 6) is -0.212. The van der Waals surface area contributed by atoms with Crippen LogP contribution in [0.25, 0.3) is 0 Å². The average Bonchev–Trinajstić information content (AvgIpc) is 2.22. The zero-order valence-corrected chi connectivity index (χ0v) is 10.8. The maximum Gasteiger partial charge on any atom is 0.322 e. The number of nitrogens with zero attached hydrogens (tertiary/aromatic N) is 1. The van der Waals surface area contributed by atoms with Gasteiger partial charge in [-0.2, -0.15) is 0 Å². The molecule has 1 unspecified atom stereocenters. The molecule has 0 radical (unpaired) electrons. The first-order valence-electron chi connectivity index (χ1n) is 5.70. The van der Waals surface area contributed by atoms with E-state index in [0.29, 0.717) is 26.4 Å². The average molecular weight is 232 g/mol. The van der Waals surface area contributed by atoms with Crippen LogP contribution < -0.4 is 5.32 Å². The Labute approximate surface area is 98.1 Å². The second kappa shape index (κ2) is 9.57. The topological polar surface area (TPSA) is 50.8 Å². The molecule has 0 saturated heterocycles. The molecule has 96 valence electrons. The molecule has 0 fully saturated rings. The number of carbonyl (C=O) groups is 1. The smallest absolute Gasteiger partial charge is 0.322 e. The molecular weight excluding hydrogens is 208 g/mol. The number of esters is 1. The molecule has 0 rings (SSSR count). The quantitative estimate of drug-likeness (QED) is 0.451. The van der Waals surface area contributed by atoms with E-state index in [4.69, 9.17) is 9.47 Å². The molecule has 0 aromatic rings. The van der Waals surface area contributed by atoms with Gasteiger partial charge in [-0.3, -0.25) is 4.79 Å². The maximum atomic E-state index is 11.2. The normalized spacial score (nSPS) is 12.8. The van der Waals surface area contributed by atoms with E-state index in [-0.39, 0.29) is 12.0 Å². The van der Waals surface area contributed by atoms with Crippen LogP contribution in [0, 0.1) is 0 Å². The predicted octanol–water partition coefficient (Wildman–Crippen LogP) is 0.106. The molecule has 1 atom stereocenters. The zero-order valence-electron chi connectivity index (χ0n) is 10.8. The summed E-state index contributed by atoms with van der Waals surface area (Å²) in [5.41, 5.74) is 0. The first-order chi connectivity index (χ1) is 7.57. The number of rotatable bonds is 9. The van der Waals surface area contributed by atoms with Crippen LogP contribution in [0.3, 0.4) is 0 Å². The summed E-state index contributed by atoms with van der Waals surface area (Å²) in [6.07, 6.45) is 0. The Morgan fingerprint density at radius 2 is 2.06 bits per heavy atom. The Bertz CT molecular complexity index is 186. The standard InChI is InChI=1S/C11H24N2O3/c1-5-16-11(14)10(2)12-6-8-15-9-7-13(3)4/h10,12H,5-9H2,1-4H3. The Morgan fingerprint density at radius 3 is 2.62 bits per heavy atom. The van der Waals surface area contributed by atoms with Crippen molar-refractivity contribution in [3.8, 4) is 0 Å². The molecule has 0 aromatic heterocycles. The molecule has 0 saturated carbocycles. The molecule has 0 aliphatic rings. The second-order valence-electron chi connectivity index (χ2n) is 3.84. The highest BCUT2D eigenvalue weighted by atomic mass is 16.5. The van der Waals surface area contributed by atoms with Crippen molar-refractivity contribution in [2.75, 3.05) is 47.0 Å². The van der Waals surface area contributed by atoms with E-state index in [1.807, 2.05) is 14.1 Å². The van der Waals surface area contributed by atoms with Crippen LogP contribution >= 0.6 is 0 Å². The van der Waals surface area contributed by atoms with Gasteiger partial charge in [0.2, 0.25) is 0 Å². The molecule has 0 bridgehead atoms. The van der Waals surface area contributed by atoms with Gasteiger partial charge in [0, 0.05) is 13.1 Å². The minimum Gasteiger partial charge on any atom is -0.465 e. The summed E-state index contributed by atoms with van der Waals surface area (Å²) in [6.45, 7) is 6.90. The molecule has 16 heavy (non-hydrogen) atoms. The predicted molar refractivity (Wildman–Crippen MR) is 63.5 cm³/mol. The Kier molecular flexibility index (Phi) is 9.18. The van der Waals surface area contributed by atoms with Crippen LogP contribution in [-0.4, -0.2) is 63.9 Å². The highest BCUT2D eigenvalue weighted by molar-refractivity contribution is 5.75. The summed E-state index contributed by atoms with van der Waals surface area (Å²) < 4.78 is 10.2. The van der Waals surface area contributed by atoms with E-state index in [0.717, 1.165) is 6.54 Å². The number of likely N-dealkylation sites (N-methyl/N-ethyl adjacent to an activating group) is 1. The van der Waals surface area contributed by atoms with Gasteiger partial charge in [0.25, 0.3) is 0 Å². The molecule has 0 aliphatic carbocycles. The van der Waals surface area contributed by atoms with Gasteiger partial charge in [0.1, 0.15) is 6.04 Å². The number of nitrogens with one attached hydrogen (secondary N) is 1. The largest absolute Gasteiger partial charge is 0.465 e. The molecular formula is C11H24N2O3. The van der Waals surface area contributed by atoms with Crippen molar-refractivity contribution in [2.24, 2.45) is 0 Å². The number of ether oxygens (including phenoxy) is 2. The van der Waals surface area contributed by atoms with Crippen molar-refractivity contribution >= 4 is 5.97 Å². The molecule has 0 heterocycles. The van der Waals surface area contributed by atoms with E-state index >= 15 is 0 Å². The number of carbonyl (C=O) groups excluding carboxylic acids is 1. The van der Waals surface area contributed by atoms with E-state index in [9.17, 15) is 4.79 Å². The first kappa shape index (κ1) is 15.3. The molecule has 0 spiro atoms. The lowest BCUT2D eigenvalue weighted by molar-refractivity contribution is -0.145. The molecule has 5 nitrogen and oxygen atoms in total. The van der Waals surface area contributed by atoms with Crippen LogP contribution in [0.1, 0.15) is 13.8 Å². The van der Waals surface area contributed by atoms with Gasteiger partial charge in [-0.1, -0.05) is 0 Å². The molecule has 0 amide bonds. The second-order valence-corrected chi connectivity index (χ2v) is 3.84. The number of hydrogen-bond acceptors (Lipinski definition) is 5. The van der Waals surface area contributed by atoms with Gasteiger partial charge in [-0.15, -0.1) is 0 Å². The first-order valence-corrected chi connectivity index (χ1v) is 5.70. The highest BCUT2D eigenvalue weighted by Crippen LogP contribution is 1.87. The van der Waals surface area contributed by atoms with Gasteiger partial charge in [-0.25, -0.2) is 0 Å². The van der Waals surface area contributed by atoms with Crippen LogP contribution in [0.15, 0.2) is 0 Å². The summed E-state index contributed by atoms with van der Waals surface area (Å²) in [4.78, 5) is 13.3. The third-order valence-electron chi connectivity index (χ3n) is 2.02. The minimum absolute atomic E-state index is 0.212. The van der Waals surface area contributed by atoms with Gasteiger partial charge in [0.05, 0.1) is 19.8 Å². The minimum atomic E-state index is -0.266. The van der Waals surface area contributed by atoms with E-state index < -0.39 is 0 Å². The van der Waals surface area contributed by atoms with Crippen molar-refractivity contribution < 1.29 is 14.3 Å². The van der Waals surface area contributed by atoms with Crippen LogP contribution in [-0.2, 0) is 14.3 Å². The summed E-state index contributed by atoms with van der Waals surface area (Å²) in [7, 11) is 4.01. The molecule has 0 aromatic carbocycles. The van der Waals surface area contributed by atoms with Gasteiger partial charge < -0.3 is 19.7 Å². The lowest BCUT2D eigenvalue weighted by Gasteiger charge is -2.13. The summed E-state index contributed by atoms with van der Waals surface area (Å²) in [6, 6.07) is -0.266. The van der Waals surface area contributed by atoms with Crippen molar-refractivity contribution in [1.29, 1.82) is 0 Å². The third-order valence-corrected chi connectivity index (χ3v) is 2.02. The monoisotopic (exact) mass is 232 g/mol.